The summed E-state index contributed by atoms with van der Waals surface area (Å²) in [6.07, 6.45) is 0. The van der Waals surface area contributed by atoms with Gasteiger partial charge in [-0.15, -0.1) is 11.6 Å². The molecule has 1 atom stereocenters. The third-order valence-corrected chi connectivity index (χ3v) is 3.94. The van der Waals surface area contributed by atoms with Crippen molar-refractivity contribution in [2.45, 2.75) is 5.38 Å². The van der Waals surface area contributed by atoms with E-state index in [0.29, 0.717) is 0 Å². The topological polar surface area (TPSA) is 24.4 Å². The number of halogens is 1. The Balaban J connectivity index is 1.94. The van der Waals surface area contributed by atoms with Gasteiger partial charge in [0.2, 0.25) is 0 Å². The minimum Gasteiger partial charge on any atom is -0.278 e. The van der Waals surface area contributed by atoms with Crippen molar-refractivity contribution in [3.63, 3.8) is 0 Å². The molecule has 3 aromatic rings. The molecule has 1 N–H and O–H groups in total. The maximum Gasteiger partial charge on any atom is 0.103 e. The van der Waals surface area contributed by atoms with Gasteiger partial charge in [0.1, 0.15) is 5.38 Å². The maximum atomic E-state index is 6.70. The van der Waals surface area contributed by atoms with Crippen molar-refractivity contribution in [1.29, 1.82) is 0 Å². The van der Waals surface area contributed by atoms with E-state index in [0.717, 1.165) is 22.5 Å². The normalized spacial score (nSPS) is 12.7. The van der Waals surface area contributed by atoms with E-state index in [-0.39, 0.29) is 5.38 Å². The molecule has 3 rings (SSSR count). The number of anilines is 1. The molecular weight excluding hydrogens is 304 g/mol. The standard InChI is InChI=1S/C20H17ClN2/c21-19(16-10-4-1-5-11-16)20(17-12-6-2-7-13-17)23-22-18-14-8-3-9-15-18/h1-15,19,22H/b23-20+. The highest BCUT2D eigenvalue weighted by atomic mass is 35.5. The molecule has 0 aliphatic heterocycles. The number of benzene rings is 3. The zero-order chi connectivity index (χ0) is 15.9. The van der Waals surface area contributed by atoms with Gasteiger partial charge in [0.15, 0.2) is 0 Å². The highest BCUT2D eigenvalue weighted by molar-refractivity contribution is 6.35. The van der Waals surface area contributed by atoms with Gasteiger partial charge in [-0.05, 0) is 23.3 Å². The first kappa shape index (κ1) is 15.3. The Morgan fingerprint density at radius 3 is 1.87 bits per heavy atom. The van der Waals surface area contributed by atoms with Crippen LogP contribution in [0.1, 0.15) is 16.5 Å². The van der Waals surface area contributed by atoms with Crippen LogP contribution in [0.5, 0.6) is 0 Å². The lowest BCUT2D eigenvalue weighted by molar-refractivity contribution is 1.21. The van der Waals surface area contributed by atoms with Crippen LogP contribution in [0.4, 0.5) is 5.69 Å². The summed E-state index contributed by atoms with van der Waals surface area (Å²) in [5, 5.41) is 4.25. The molecule has 0 spiro atoms. The first-order chi connectivity index (χ1) is 11.3. The molecule has 2 nitrogen and oxygen atoms in total. The largest absolute Gasteiger partial charge is 0.278 e. The number of para-hydroxylation sites is 1. The Labute approximate surface area is 141 Å². The van der Waals surface area contributed by atoms with Crippen LogP contribution in [0, 0.1) is 0 Å². The number of hydrogen-bond acceptors (Lipinski definition) is 2. The molecule has 0 aliphatic carbocycles. The summed E-state index contributed by atoms with van der Waals surface area (Å²) >= 11 is 6.70. The molecule has 0 bridgehead atoms. The summed E-state index contributed by atoms with van der Waals surface area (Å²) < 4.78 is 0. The van der Waals surface area contributed by atoms with E-state index < -0.39 is 0 Å². The fourth-order valence-corrected chi connectivity index (χ4v) is 2.61. The zero-order valence-electron chi connectivity index (χ0n) is 12.6. The van der Waals surface area contributed by atoms with Crippen LogP contribution >= 0.6 is 11.6 Å². The fraction of sp³-hybridized carbons (Fsp3) is 0.0500. The molecule has 3 aromatic carbocycles. The van der Waals surface area contributed by atoms with Crippen molar-refractivity contribution in [2.24, 2.45) is 5.10 Å². The SMILES string of the molecule is ClC(/C(=N/Nc1ccccc1)c1ccccc1)c1ccccc1. The van der Waals surface area contributed by atoms with Crippen molar-refractivity contribution in [3.8, 4) is 0 Å². The minimum atomic E-state index is -0.324. The van der Waals surface area contributed by atoms with Crippen LogP contribution in [0.2, 0.25) is 0 Å². The Morgan fingerprint density at radius 2 is 1.26 bits per heavy atom. The van der Waals surface area contributed by atoms with Gasteiger partial charge in [-0.2, -0.15) is 5.10 Å². The second kappa shape index (κ2) is 7.61. The third kappa shape index (κ3) is 3.99. The monoisotopic (exact) mass is 320 g/mol. The Morgan fingerprint density at radius 1 is 0.739 bits per heavy atom. The summed E-state index contributed by atoms with van der Waals surface area (Å²) in [4.78, 5) is 0. The highest BCUT2D eigenvalue weighted by Gasteiger charge is 2.17. The molecule has 114 valence electrons. The lowest BCUT2D eigenvalue weighted by Crippen LogP contribution is -2.11. The zero-order valence-corrected chi connectivity index (χ0v) is 13.3. The van der Waals surface area contributed by atoms with Gasteiger partial charge in [-0.3, -0.25) is 5.43 Å². The van der Waals surface area contributed by atoms with Gasteiger partial charge in [-0.25, -0.2) is 0 Å². The first-order valence-corrected chi connectivity index (χ1v) is 7.91. The summed E-state index contributed by atoms with van der Waals surface area (Å²) in [5.74, 6) is 0. The van der Waals surface area contributed by atoms with Gasteiger partial charge in [0.05, 0.1) is 11.4 Å². The lowest BCUT2D eigenvalue weighted by atomic mass is 10.0. The van der Waals surface area contributed by atoms with Crippen molar-refractivity contribution in [3.05, 3.63) is 102 Å². The van der Waals surface area contributed by atoms with Crippen molar-refractivity contribution in [1.82, 2.24) is 0 Å². The van der Waals surface area contributed by atoms with Gasteiger partial charge in [0.25, 0.3) is 0 Å². The number of nitrogens with zero attached hydrogens (tertiary/aromatic N) is 1. The van der Waals surface area contributed by atoms with Crippen LogP contribution < -0.4 is 5.43 Å². The average Bonchev–Trinajstić information content (AvgIpc) is 2.64. The molecule has 23 heavy (non-hydrogen) atoms. The van der Waals surface area contributed by atoms with Gasteiger partial charge in [-0.1, -0.05) is 78.9 Å². The van der Waals surface area contributed by atoms with Crippen molar-refractivity contribution < 1.29 is 0 Å². The average molecular weight is 321 g/mol. The number of alkyl halides is 1. The Hall–Kier alpha value is -2.58. The van der Waals surface area contributed by atoms with Gasteiger partial charge < -0.3 is 0 Å². The van der Waals surface area contributed by atoms with E-state index in [1.54, 1.807) is 0 Å². The first-order valence-electron chi connectivity index (χ1n) is 7.47. The van der Waals surface area contributed by atoms with Crippen LogP contribution in [0.25, 0.3) is 0 Å². The Kier molecular flexibility index (Phi) is 5.07. The Bertz CT molecular complexity index is 755. The maximum absolute atomic E-state index is 6.70. The molecular formula is C20H17ClN2. The molecule has 0 saturated carbocycles. The van der Waals surface area contributed by atoms with Gasteiger partial charge >= 0.3 is 0 Å². The fourth-order valence-electron chi connectivity index (χ4n) is 2.29. The quantitative estimate of drug-likeness (QED) is 0.375. The molecule has 0 heterocycles. The van der Waals surface area contributed by atoms with Crippen LogP contribution in [-0.4, -0.2) is 5.71 Å². The smallest absolute Gasteiger partial charge is 0.103 e. The summed E-state index contributed by atoms with van der Waals surface area (Å²) in [7, 11) is 0. The number of nitrogens with one attached hydrogen (secondary N) is 1. The number of rotatable bonds is 5. The van der Waals surface area contributed by atoms with Crippen molar-refractivity contribution >= 4 is 23.0 Å². The number of hydrogen-bond donors (Lipinski definition) is 1. The van der Waals surface area contributed by atoms with E-state index in [1.165, 1.54) is 0 Å². The highest BCUT2D eigenvalue weighted by Crippen LogP contribution is 2.26. The van der Waals surface area contributed by atoms with Crippen LogP contribution in [0.15, 0.2) is 96.1 Å². The molecule has 0 aliphatic rings. The molecule has 1 unspecified atom stereocenters. The van der Waals surface area contributed by atoms with Crippen LogP contribution in [0.3, 0.4) is 0 Å². The van der Waals surface area contributed by atoms with E-state index >= 15 is 0 Å². The van der Waals surface area contributed by atoms with E-state index in [2.05, 4.69) is 10.5 Å². The molecule has 0 fully saturated rings. The third-order valence-electron chi connectivity index (χ3n) is 3.48. The molecule has 3 heteroatoms. The van der Waals surface area contributed by atoms with E-state index in [1.807, 2.05) is 91.0 Å². The second-order valence-electron chi connectivity index (χ2n) is 5.11. The van der Waals surface area contributed by atoms with Crippen LogP contribution in [-0.2, 0) is 0 Å². The molecule has 0 saturated heterocycles. The molecule has 0 radical (unpaired) electrons. The summed E-state index contributed by atoms with van der Waals surface area (Å²) in [5.41, 5.74) is 6.84. The molecule has 0 aromatic heterocycles. The number of hydrazone groups is 1. The van der Waals surface area contributed by atoms with Crippen molar-refractivity contribution in [2.75, 3.05) is 5.43 Å². The predicted molar refractivity (Wildman–Crippen MR) is 98.1 cm³/mol. The van der Waals surface area contributed by atoms with E-state index in [4.69, 9.17) is 11.6 Å². The summed E-state index contributed by atoms with van der Waals surface area (Å²) in [6, 6.07) is 29.8. The lowest BCUT2D eigenvalue weighted by Gasteiger charge is -2.14. The van der Waals surface area contributed by atoms with Gasteiger partial charge in [0, 0.05) is 0 Å². The second-order valence-corrected chi connectivity index (χ2v) is 5.55. The minimum absolute atomic E-state index is 0.324. The predicted octanol–water partition coefficient (Wildman–Crippen LogP) is 5.48. The summed E-state index contributed by atoms with van der Waals surface area (Å²) in [6.45, 7) is 0. The van der Waals surface area contributed by atoms with E-state index in [9.17, 15) is 0 Å². The molecule has 0 amide bonds.